The summed E-state index contributed by atoms with van der Waals surface area (Å²) >= 11 is 0. The Morgan fingerprint density at radius 1 is 0.915 bits per heavy atom. The van der Waals surface area contributed by atoms with Crippen LogP contribution < -0.4 is 21.3 Å². The number of fused-ring (bicyclic) bond motifs is 2. The second-order valence-electron chi connectivity index (χ2n) is 13.4. The van der Waals surface area contributed by atoms with E-state index >= 15 is 0 Å². The van der Waals surface area contributed by atoms with Gasteiger partial charge in [-0.3, -0.25) is 19.2 Å². The quantitative estimate of drug-likeness (QED) is 0.186. The molecule has 1 aliphatic heterocycles. The highest BCUT2D eigenvalue weighted by atomic mass is 16.2. The first-order chi connectivity index (χ1) is 22.6. The summed E-state index contributed by atoms with van der Waals surface area (Å²) in [4.78, 5) is 69.1. The van der Waals surface area contributed by atoms with Gasteiger partial charge in [0.15, 0.2) is 0 Å². The van der Waals surface area contributed by atoms with Crippen LogP contribution in [0.25, 0.3) is 0 Å². The summed E-state index contributed by atoms with van der Waals surface area (Å²) in [6.07, 6.45) is 4.93. The molecule has 2 aromatic rings. The molecule has 5 amide bonds. The average molecular weight is 640 g/mol. The molecule has 5 rings (SSSR count). The Bertz CT molecular complexity index is 1510. The minimum Gasteiger partial charge on any atom is -0.346 e. The molecule has 10 heteroatoms. The molecule has 2 fully saturated rings. The van der Waals surface area contributed by atoms with Gasteiger partial charge >= 0.3 is 6.03 Å². The highest BCUT2D eigenvalue weighted by molar-refractivity contribution is 6.38. The van der Waals surface area contributed by atoms with Crippen LogP contribution in [0.4, 0.5) is 4.79 Å². The molecule has 1 heterocycles. The predicted molar refractivity (Wildman–Crippen MR) is 179 cm³/mol. The van der Waals surface area contributed by atoms with Crippen molar-refractivity contribution in [1.29, 1.82) is 0 Å². The third-order valence-corrected chi connectivity index (χ3v) is 10.1. The van der Waals surface area contributed by atoms with Crippen LogP contribution in [-0.4, -0.2) is 65.7 Å². The van der Waals surface area contributed by atoms with Gasteiger partial charge in [-0.15, -0.1) is 13.2 Å². The molecule has 0 bridgehead atoms. The topological polar surface area (TPSA) is 137 Å². The Hall–Kier alpha value is -4.73. The number of nitrogens with zero attached hydrogens (tertiary/aromatic N) is 1. The van der Waals surface area contributed by atoms with Gasteiger partial charge < -0.3 is 26.2 Å². The first-order valence-electron chi connectivity index (χ1n) is 16.4. The van der Waals surface area contributed by atoms with Crippen molar-refractivity contribution in [2.45, 2.75) is 64.2 Å². The molecule has 3 aliphatic rings. The van der Waals surface area contributed by atoms with Gasteiger partial charge in [-0.05, 0) is 65.5 Å². The summed E-state index contributed by atoms with van der Waals surface area (Å²) < 4.78 is 0. The standard InChI is InChI=1S/C37H45N5O5/c1-5-7-17-28(32(43)34(45)38-18-6-2)40-33(44)31-29-27(37(29,3)4)22-42(31)35(46)30(26-19-24-15-11-12-16-25(24)20-26)41-36(47)39-21-23-13-9-8-10-14-23/h5-6,8-16,26-31H,1-2,7,17-22H2,3-4H3,(H,38,45)(H,40,44)(H2,39,41,47)/t27-,28?,29-,30+,31+/m1/s1. The van der Waals surface area contributed by atoms with Crippen molar-refractivity contribution in [2.75, 3.05) is 13.1 Å². The lowest BCUT2D eigenvalue weighted by atomic mass is 9.93. The number of benzene rings is 2. The maximum absolute atomic E-state index is 14.6. The maximum Gasteiger partial charge on any atom is 0.315 e. The third-order valence-electron chi connectivity index (χ3n) is 10.1. The van der Waals surface area contributed by atoms with Gasteiger partial charge in [0, 0.05) is 19.6 Å². The summed E-state index contributed by atoms with van der Waals surface area (Å²) in [7, 11) is 0. The van der Waals surface area contributed by atoms with E-state index in [-0.39, 0.29) is 42.0 Å². The summed E-state index contributed by atoms with van der Waals surface area (Å²) in [6, 6.07) is 14.3. The van der Waals surface area contributed by atoms with Crippen LogP contribution >= 0.6 is 0 Å². The number of carbonyl (C=O) groups excluding carboxylic acids is 5. The Balaban J connectivity index is 1.37. The monoisotopic (exact) mass is 639 g/mol. The van der Waals surface area contributed by atoms with Crippen molar-refractivity contribution in [3.63, 3.8) is 0 Å². The van der Waals surface area contributed by atoms with Gasteiger partial charge in [-0.1, -0.05) is 80.6 Å². The van der Waals surface area contributed by atoms with Crippen molar-refractivity contribution in [3.05, 3.63) is 96.6 Å². The third kappa shape index (κ3) is 7.32. The zero-order valence-electron chi connectivity index (χ0n) is 27.2. The van der Waals surface area contributed by atoms with E-state index in [4.69, 9.17) is 0 Å². The molecule has 4 N–H and O–H groups in total. The van der Waals surface area contributed by atoms with Crippen LogP contribution in [0.2, 0.25) is 0 Å². The maximum atomic E-state index is 14.6. The van der Waals surface area contributed by atoms with Crippen LogP contribution in [0.1, 0.15) is 43.4 Å². The number of hydrogen-bond acceptors (Lipinski definition) is 5. The number of piperidine rings is 1. The van der Waals surface area contributed by atoms with Crippen molar-refractivity contribution in [3.8, 4) is 0 Å². The highest BCUT2D eigenvalue weighted by Crippen LogP contribution is 2.65. The largest absolute Gasteiger partial charge is 0.346 e. The number of nitrogens with one attached hydrogen (secondary N) is 4. The fourth-order valence-electron chi connectivity index (χ4n) is 7.39. The number of allylic oxidation sites excluding steroid dienone is 1. The van der Waals surface area contributed by atoms with E-state index in [0.717, 1.165) is 16.7 Å². The number of ketones is 1. The van der Waals surface area contributed by atoms with Crippen LogP contribution in [0.15, 0.2) is 79.9 Å². The zero-order valence-corrected chi connectivity index (χ0v) is 27.2. The molecule has 0 radical (unpaired) electrons. The number of likely N-dealkylation sites (tertiary alicyclic amines) is 1. The second-order valence-corrected chi connectivity index (χ2v) is 13.4. The van der Waals surface area contributed by atoms with Crippen molar-refractivity contribution in [1.82, 2.24) is 26.2 Å². The Morgan fingerprint density at radius 3 is 2.21 bits per heavy atom. The van der Waals surface area contributed by atoms with Gasteiger partial charge in [0.05, 0.1) is 6.04 Å². The van der Waals surface area contributed by atoms with Gasteiger partial charge in [-0.25, -0.2) is 4.79 Å². The highest BCUT2D eigenvalue weighted by Gasteiger charge is 2.69. The first kappa shape index (κ1) is 33.6. The van der Waals surface area contributed by atoms with E-state index in [0.29, 0.717) is 32.4 Å². The van der Waals surface area contributed by atoms with E-state index in [1.165, 1.54) is 6.08 Å². The van der Waals surface area contributed by atoms with Crippen LogP contribution in [-0.2, 0) is 38.6 Å². The molecule has 2 aliphatic carbocycles. The molecule has 0 aromatic heterocycles. The molecule has 47 heavy (non-hydrogen) atoms. The normalized spacial score (nSPS) is 21.7. The summed E-state index contributed by atoms with van der Waals surface area (Å²) in [5.41, 5.74) is 3.02. The van der Waals surface area contributed by atoms with Crippen molar-refractivity contribution >= 4 is 29.5 Å². The SMILES string of the molecule is C=CCCC(NC(=O)[C@@H]1[C@H]2[C@@H](CN1C(=O)[C@@H](NC(=O)NCc1ccccc1)C1Cc3ccccc3C1)C2(C)C)C(=O)C(=O)NCC=C. The fraction of sp³-hybridized carbons (Fsp3) is 0.432. The Kier molecular flexibility index (Phi) is 10.3. The van der Waals surface area contributed by atoms with Crippen molar-refractivity contribution < 1.29 is 24.0 Å². The van der Waals surface area contributed by atoms with Crippen LogP contribution in [0.3, 0.4) is 0 Å². The van der Waals surface area contributed by atoms with E-state index < -0.39 is 41.8 Å². The molecular weight excluding hydrogens is 594 g/mol. The molecule has 5 atom stereocenters. The van der Waals surface area contributed by atoms with Gasteiger partial charge in [0.2, 0.25) is 17.6 Å². The molecule has 1 unspecified atom stereocenters. The Labute approximate surface area is 276 Å². The molecular formula is C37H45N5O5. The molecule has 248 valence electrons. The summed E-state index contributed by atoms with van der Waals surface area (Å²) in [5, 5.41) is 11.2. The van der Waals surface area contributed by atoms with Gasteiger partial charge in [-0.2, -0.15) is 0 Å². The lowest BCUT2D eigenvalue weighted by Crippen LogP contribution is -2.60. The number of urea groups is 1. The number of amides is 5. The number of carbonyl (C=O) groups is 5. The molecule has 10 nitrogen and oxygen atoms in total. The minimum atomic E-state index is -1.08. The fourth-order valence-corrected chi connectivity index (χ4v) is 7.39. The van der Waals surface area contributed by atoms with E-state index in [9.17, 15) is 24.0 Å². The average Bonchev–Trinajstić information content (AvgIpc) is 3.43. The second kappa shape index (κ2) is 14.4. The van der Waals surface area contributed by atoms with E-state index in [1.54, 1.807) is 11.0 Å². The predicted octanol–water partition coefficient (Wildman–Crippen LogP) is 3.07. The van der Waals surface area contributed by atoms with Crippen LogP contribution in [0, 0.1) is 23.2 Å². The van der Waals surface area contributed by atoms with Gasteiger partial charge in [0.25, 0.3) is 5.91 Å². The Morgan fingerprint density at radius 2 is 1.57 bits per heavy atom. The number of hydrogen-bond donors (Lipinski definition) is 4. The molecule has 0 spiro atoms. The van der Waals surface area contributed by atoms with E-state index in [2.05, 4.69) is 48.3 Å². The van der Waals surface area contributed by atoms with Gasteiger partial charge in [0.1, 0.15) is 12.1 Å². The summed E-state index contributed by atoms with van der Waals surface area (Å²) in [6.45, 7) is 12.2. The lowest BCUT2D eigenvalue weighted by Gasteiger charge is -2.35. The molecule has 1 saturated heterocycles. The summed E-state index contributed by atoms with van der Waals surface area (Å²) in [5.74, 6) is -2.60. The van der Waals surface area contributed by atoms with E-state index in [1.807, 2.05) is 54.6 Å². The smallest absolute Gasteiger partial charge is 0.315 e. The number of Topliss-reactive ketones (excluding diaryl/α,β-unsaturated/α-hetero) is 1. The van der Waals surface area contributed by atoms with Crippen molar-refractivity contribution in [2.24, 2.45) is 23.2 Å². The first-order valence-corrected chi connectivity index (χ1v) is 16.4. The van der Waals surface area contributed by atoms with Crippen LogP contribution in [0.5, 0.6) is 0 Å². The molecule has 1 saturated carbocycles. The minimum absolute atomic E-state index is 0.0914. The zero-order chi connectivity index (χ0) is 33.7. The lowest BCUT2D eigenvalue weighted by molar-refractivity contribution is -0.144. The molecule has 2 aromatic carbocycles. The number of rotatable bonds is 14.